The zero-order valence-corrected chi connectivity index (χ0v) is 15.8. The van der Waals surface area contributed by atoms with Gasteiger partial charge in [-0.1, -0.05) is 6.07 Å². The molecule has 27 heavy (non-hydrogen) atoms. The van der Waals surface area contributed by atoms with Crippen LogP contribution in [0.1, 0.15) is 28.0 Å². The summed E-state index contributed by atoms with van der Waals surface area (Å²) in [6, 6.07) is 8.50. The molecule has 0 saturated carbocycles. The van der Waals surface area contributed by atoms with Gasteiger partial charge in [0.1, 0.15) is 11.9 Å². The summed E-state index contributed by atoms with van der Waals surface area (Å²) in [7, 11) is -3.67. The lowest BCUT2D eigenvalue weighted by atomic mass is 10.0. The first-order valence-corrected chi connectivity index (χ1v) is 10.4. The second-order valence-corrected chi connectivity index (χ2v) is 8.79. The molecule has 1 unspecified atom stereocenters. The lowest BCUT2D eigenvalue weighted by molar-refractivity contribution is 0.0945. The van der Waals surface area contributed by atoms with Gasteiger partial charge in [-0.3, -0.25) is 9.78 Å². The van der Waals surface area contributed by atoms with Gasteiger partial charge in [0.15, 0.2) is 0 Å². The lowest BCUT2D eigenvalue weighted by Gasteiger charge is -2.20. The smallest absolute Gasteiger partial charge is 0.251 e. The number of benzene rings is 1. The minimum atomic E-state index is -3.67. The Morgan fingerprint density at radius 1 is 1.26 bits per heavy atom. The minimum Gasteiger partial charge on any atom is -0.487 e. The highest BCUT2D eigenvalue weighted by atomic mass is 32.2. The van der Waals surface area contributed by atoms with Gasteiger partial charge in [-0.05, 0) is 49.6 Å². The zero-order valence-electron chi connectivity index (χ0n) is 15.0. The Bertz CT molecular complexity index is 973. The number of fused-ring (bicyclic) bond motifs is 1. The number of nitrogens with one attached hydrogen (secondary N) is 1. The SMILES string of the molecule is Cc1ccc(OC2CCN(S(=O)(=O)c3ccc4c(c3)C(=O)NCC4)C2)cn1. The maximum Gasteiger partial charge on any atom is 0.251 e. The van der Waals surface area contributed by atoms with Crippen LogP contribution in [0, 0.1) is 6.92 Å². The Balaban J connectivity index is 1.50. The van der Waals surface area contributed by atoms with Crippen molar-refractivity contribution in [3.8, 4) is 5.75 Å². The maximum atomic E-state index is 13.0. The molecule has 2 aliphatic heterocycles. The summed E-state index contributed by atoms with van der Waals surface area (Å²) in [5.41, 5.74) is 2.22. The van der Waals surface area contributed by atoms with Crippen LogP contribution in [0.3, 0.4) is 0 Å². The first kappa shape index (κ1) is 17.9. The average Bonchev–Trinajstić information content (AvgIpc) is 3.13. The van der Waals surface area contributed by atoms with Gasteiger partial charge >= 0.3 is 0 Å². The molecular weight excluding hydrogens is 366 g/mol. The number of carbonyl (C=O) groups excluding carboxylic acids is 1. The van der Waals surface area contributed by atoms with Crippen LogP contribution in [-0.4, -0.2) is 49.4 Å². The summed E-state index contributed by atoms with van der Waals surface area (Å²) in [4.78, 5) is 16.4. The van der Waals surface area contributed by atoms with Gasteiger partial charge < -0.3 is 10.1 Å². The summed E-state index contributed by atoms with van der Waals surface area (Å²) in [6.45, 7) is 3.14. The quantitative estimate of drug-likeness (QED) is 0.859. The number of aromatic nitrogens is 1. The summed E-state index contributed by atoms with van der Waals surface area (Å²) in [6.07, 6.45) is 2.75. The van der Waals surface area contributed by atoms with Gasteiger partial charge in [0, 0.05) is 24.3 Å². The van der Waals surface area contributed by atoms with E-state index in [1.807, 2.05) is 19.1 Å². The average molecular weight is 387 g/mol. The van der Waals surface area contributed by atoms with E-state index in [2.05, 4.69) is 10.3 Å². The third kappa shape index (κ3) is 3.54. The fraction of sp³-hybridized carbons (Fsp3) is 0.368. The highest BCUT2D eigenvalue weighted by Crippen LogP contribution is 2.26. The predicted octanol–water partition coefficient (Wildman–Crippen LogP) is 1.52. The first-order valence-electron chi connectivity index (χ1n) is 8.94. The van der Waals surface area contributed by atoms with E-state index < -0.39 is 10.0 Å². The molecule has 142 valence electrons. The van der Waals surface area contributed by atoms with Crippen molar-refractivity contribution in [3.05, 3.63) is 53.3 Å². The van der Waals surface area contributed by atoms with Crippen LogP contribution >= 0.6 is 0 Å². The second kappa shape index (κ2) is 6.94. The molecule has 0 bridgehead atoms. The molecule has 3 heterocycles. The monoisotopic (exact) mass is 387 g/mol. The van der Waals surface area contributed by atoms with Gasteiger partial charge in [-0.15, -0.1) is 0 Å². The molecule has 1 saturated heterocycles. The summed E-state index contributed by atoms with van der Waals surface area (Å²) >= 11 is 0. The van der Waals surface area contributed by atoms with E-state index >= 15 is 0 Å². The number of ether oxygens (including phenoxy) is 1. The minimum absolute atomic E-state index is 0.149. The van der Waals surface area contributed by atoms with E-state index in [-0.39, 0.29) is 23.5 Å². The summed E-state index contributed by atoms with van der Waals surface area (Å²) < 4.78 is 33.3. The molecule has 0 radical (unpaired) electrons. The molecule has 1 atom stereocenters. The van der Waals surface area contributed by atoms with Crippen molar-refractivity contribution in [2.75, 3.05) is 19.6 Å². The van der Waals surface area contributed by atoms with Crippen molar-refractivity contribution in [2.45, 2.75) is 30.8 Å². The summed E-state index contributed by atoms with van der Waals surface area (Å²) in [5.74, 6) is 0.415. The van der Waals surface area contributed by atoms with Crippen LogP contribution in [-0.2, 0) is 16.4 Å². The van der Waals surface area contributed by atoms with Crippen molar-refractivity contribution < 1.29 is 17.9 Å². The molecule has 8 heteroatoms. The Morgan fingerprint density at radius 2 is 2.11 bits per heavy atom. The Kier molecular flexibility index (Phi) is 4.61. The fourth-order valence-electron chi connectivity index (χ4n) is 3.43. The highest BCUT2D eigenvalue weighted by Gasteiger charge is 2.34. The second-order valence-electron chi connectivity index (χ2n) is 6.85. The van der Waals surface area contributed by atoms with Crippen LogP contribution in [0.2, 0.25) is 0 Å². The Morgan fingerprint density at radius 3 is 2.89 bits per heavy atom. The molecule has 2 aliphatic rings. The van der Waals surface area contributed by atoms with Crippen LogP contribution in [0.25, 0.3) is 0 Å². The van der Waals surface area contributed by atoms with Crippen molar-refractivity contribution in [1.82, 2.24) is 14.6 Å². The third-order valence-electron chi connectivity index (χ3n) is 4.94. The molecule has 7 nitrogen and oxygen atoms in total. The van der Waals surface area contributed by atoms with Gasteiger partial charge in [0.2, 0.25) is 10.0 Å². The van der Waals surface area contributed by atoms with Gasteiger partial charge in [-0.25, -0.2) is 8.42 Å². The molecule has 4 rings (SSSR count). The molecule has 2 aromatic rings. The van der Waals surface area contributed by atoms with E-state index in [1.165, 1.54) is 10.4 Å². The topological polar surface area (TPSA) is 88.6 Å². The van der Waals surface area contributed by atoms with Gasteiger partial charge in [0.25, 0.3) is 5.91 Å². The van der Waals surface area contributed by atoms with Crippen LogP contribution in [0.15, 0.2) is 41.4 Å². The number of pyridine rings is 1. The standard InChI is InChI=1S/C19H21N3O4S/c1-13-2-4-15(11-21-13)26-16-7-9-22(12-16)27(24,25)17-5-3-14-6-8-20-19(23)18(14)10-17/h2-5,10-11,16H,6-9,12H2,1H3,(H,20,23). The van der Waals surface area contributed by atoms with Crippen LogP contribution < -0.4 is 10.1 Å². The summed E-state index contributed by atoms with van der Waals surface area (Å²) in [5, 5.41) is 2.75. The Hall–Kier alpha value is -2.45. The fourth-order valence-corrected chi connectivity index (χ4v) is 4.94. The molecule has 1 fully saturated rings. The molecular formula is C19H21N3O4S. The van der Waals surface area contributed by atoms with Gasteiger partial charge in [-0.2, -0.15) is 4.31 Å². The van der Waals surface area contributed by atoms with E-state index in [9.17, 15) is 13.2 Å². The maximum absolute atomic E-state index is 13.0. The van der Waals surface area contributed by atoms with Crippen molar-refractivity contribution in [1.29, 1.82) is 0 Å². The van der Waals surface area contributed by atoms with Crippen molar-refractivity contribution in [2.24, 2.45) is 0 Å². The third-order valence-corrected chi connectivity index (χ3v) is 6.80. The van der Waals surface area contributed by atoms with E-state index in [0.29, 0.717) is 37.2 Å². The number of rotatable bonds is 4. The van der Waals surface area contributed by atoms with Crippen molar-refractivity contribution >= 4 is 15.9 Å². The van der Waals surface area contributed by atoms with E-state index in [4.69, 9.17) is 4.74 Å². The first-order chi connectivity index (χ1) is 12.9. The van der Waals surface area contributed by atoms with Crippen LogP contribution in [0.4, 0.5) is 0 Å². The van der Waals surface area contributed by atoms with Crippen molar-refractivity contribution in [3.63, 3.8) is 0 Å². The Labute approximate surface area is 158 Å². The largest absolute Gasteiger partial charge is 0.487 e. The molecule has 1 aromatic carbocycles. The molecule has 1 N–H and O–H groups in total. The molecule has 1 aromatic heterocycles. The van der Waals surface area contributed by atoms with Crippen LogP contribution in [0.5, 0.6) is 5.75 Å². The zero-order chi connectivity index (χ0) is 19.0. The predicted molar refractivity (Wildman–Crippen MR) is 99.2 cm³/mol. The highest BCUT2D eigenvalue weighted by molar-refractivity contribution is 7.89. The number of aryl methyl sites for hydroxylation is 1. The lowest BCUT2D eigenvalue weighted by Crippen LogP contribution is -2.33. The molecule has 0 aliphatic carbocycles. The number of hydrogen-bond donors (Lipinski definition) is 1. The number of sulfonamides is 1. The number of carbonyl (C=O) groups is 1. The van der Waals surface area contributed by atoms with E-state index in [1.54, 1.807) is 18.3 Å². The van der Waals surface area contributed by atoms with Gasteiger partial charge in [0.05, 0.1) is 17.6 Å². The number of hydrogen-bond acceptors (Lipinski definition) is 5. The normalized spacial score (nSPS) is 20.2. The number of nitrogens with zero attached hydrogens (tertiary/aromatic N) is 2. The number of amides is 1. The molecule has 1 amide bonds. The van der Waals surface area contributed by atoms with E-state index in [0.717, 1.165) is 11.3 Å². The molecule has 0 spiro atoms.